The first kappa shape index (κ1) is 15.9. The summed E-state index contributed by atoms with van der Waals surface area (Å²) < 4.78 is 0. The van der Waals surface area contributed by atoms with Gasteiger partial charge in [0, 0.05) is 13.1 Å². The molecule has 0 saturated heterocycles. The van der Waals surface area contributed by atoms with Crippen LogP contribution in [-0.4, -0.2) is 13.1 Å². The van der Waals surface area contributed by atoms with Crippen molar-refractivity contribution in [1.82, 2.24) is 0 Å². The average Bonchev–Trinajstić information content (AvgIpc) is 1.37. The number of hydrogen-bond donors (Lipinski definition) is 2. The Morgan fingerprint density at radius 2 is 1.17 bits per heavy atom. The summed E-state index contributed by atoms with van der Waals surface area (Å²) in [6.45, 7) is 1.19. The van der Waals surface area contributed by atoms with Gasteiger partial charge in [0.05, 0.1) is 0 Å². The summed E-state index contributed by atoms with van der Waals surface area (Å²) >= 11 is 0. The van der Waals surface area contributed by atoms with E-state index >= 15 is 0 Å². The Bertz CT molecular complexity index is 13.5. The molecule has 0 unspecified atom stereocenters. The van der Waals surface area contributed by atoms with Crippen molar-refractivity contribution in [3.63, 3.8) is 0 Å². The minimum absolute atomic E-state index is 0. The molecule has 0 fully saturated rings. The molecule has 0 aromatic rings. The predicted molar refractivity (Wildman–Crippen MR) is 18.1 cm³/mol. The topological polar surface area (TPSA) is 52.0 Å². The van der Waals surface area contributed by atoms with Crippen LogP contribution in [0.1, 0.15) is 0 Å². The maximum Gasteiger partial charge on any atom is 2.00 e. The van der Waals surface area contributed by atoms with Crippen molar-refractivity contribution in [3.8, 4) is 0 Å². The second kappa shape index (κ2) is 17.2. The van der Waals surface area contributed by atoms with Crippen LogP contribution in [0.4, 0.5) is 0 Å². The Morgan fingerprint density at radius 3 is 1.17 bits per heavy atom. The van der Waals surface area contributed by atoms with Gasteiger partial charge < -0.3 is 23.9 Å². The molecule has 0 bridgehead atoms. The van der Waals surface area contributed by atoms with E-state index in [0.29, 0.717) is 13.1 Å². The molecule has 40 valence electrons. The maximum atomic E-state index is 4.90. The van der Waals surface area contributed by atoms with Crippen molar-refractivity contribution >= 4 is 0 Å². The van der Waals surface area contributed by atoms with Crippen molar-refractivity contribution in [3.05, 3.63) is 0 Å². The van der Waals surface area contributed by atoms with Gasteiger partial charge in [-0.15, -0.1) is 0 Å². The zero-order valence-corrected chi connectivity index (χ0v) is 5.16. The van der Waals surface area contributed by atoms with Crippen LogP contribution in [0.5, 0.6) is 0 Å². The van der Waals surface area contributed by atoms with E-state index in [1.807, 2.05) is 0 Å². The Hall–Kier alpha value is 0.729. The largest absolute Gasteiger partial charge is 2.00 e. The quantitative estimate of drug-likeness (QED) is 0.375. The molecule has 0 heterocycles. The number of rotatable bonds is 1. The molecule has 0 aromatic carbocycles. The molecular weight excluding hydrogens is 143 g/mol. The van der Waals surface area contributed by atoms with Crippen molar-refractivity contribution in [2.24, 2.45) is 11.5 Å². The zero-order chi connectivity index (χ0) is 3.41. The van der Waals surface area contributed by atoms with Crippen LogP contribution in [0.3, 0.4) is 0 Å². The van der Waals surface area contributed by atoms with Gasteiger partial charge in [0.25, 0.3) is 0 Å². The van der Waals surface area contributed by atoms with Crippen LogP contribution in [0.15, 0.2) is 0 Å². The first-order valence-electron chi connectivity index (χ1n) is 1.32. The molecule has 0 aliphatic heterocycles. The van der Waals surface area contributed by atoms with Crippen LogP contribution in [-0.2, 0) is 17.1 Å². The molecule has 0 atom stereocenters. The molecule has 6 heavy (non-hydrogen) atoms. The smallest absolute Gasteiger partial charge is 1.00 e. The molecule has 2 nitrogen and oxygen atoms in total. The van der Waals surface area contributed by atoms with Gasteiger partial charge in [0.1, 0.15) is 0 Å². The number of nitrogens with two attached hydrogens (primary N) is 2. The molecular formula is C2H8ClFeN2+. The summed E-state index contributed by atoms with van der Waals surface area (Å²) in [4.78, 5) is 0. The average molecular weight is 151 g/mol. The fourth-order valence-corrected chi connectivity index (χ4v) is 0. The van der Waals surface area contributed by atoms with E-state index < -0.39 is 0 Å². The summed E-state index contributed by atoms with van der Waals surface area (Å²) in [5, 5.41) is 0. The van der Waals surface area contributed by atoms with Crippen LogP contribution in [0.2, 0.25) is 0 Å². The summed E-state index contributed by atoms with van der Waals surface area (Å²) in [6.07, 6.45) is 0. The molecule has 0 rings (SSSR count). The van der Waals surface area contributed by atoms with E-state index in [1.165, 1.54) is 0 Å². The number of halogens is 1. The maximum absolute atomic E-state index is 4.90. The Morgan fingerprint density at radius 1 is 1.00 bits per heavy atom. The molecule has 4 N–H and O–H groups in total. The number of hydrogen-bond acceptors (Lipinski definition) is 2. The fraction of sp³-hybridized carbons (Fsp3) is 1.00. The van der Waals surface area contributed by atoms with Gasteiger partial charge in [-0.25, -0.2) is 0 Å². The zero-order valence-electron chi connectivity index (χ0n) is 3.30. The van der Waals surface area contributed by atoms with Gasteiger partial charge in [-0.1, -0.05) is 0 Å². The van der Waals surface area contributed by atoms with Crippen molar-refractivity contribution in [2.75, 3.05) is 13.1 Å². The van der Waals surface area contributed by atoms with Crippen LogP contribution in [0.25, 0.3) is 0 Å². The SMILES string of the molecule is NCCN.[Cl-].[Fe+2]. The van der Waals surface area contributed by atoms with E-state index in [-0.39, 0.29) is 29.5 Å². The molecule has 4 heteroatoms. The minimum atomic E-state index is 0. The van der Waals surface area contributed by atoms with Gasteiger partial charge in [-0.2, -0.15) is 0 Å². The molecule has 0 aromatic heterocycles. The predicted octanol–water partition coefficient (Wildman–Crippen LogP) is -4.09. The molecule has 0 aliphatic carbocycles. The molecule has 0 saturated carbocycles. The Labute approximate surface area is 54.5 Å². The first-order valence-corrected chi connectivity index (χ1v) is 1.32. The van der Waals surface area contributed by atoms with E-state index in [2.05, 4.69) is 0 Å². The van der Waals surface area contributed by atoms with Crippen molar-refractivity contribution < 1.29 is 29.5 Å². The van der Waals surface area contributed by atoms with Gasteiger partial charge in [-0.05, 0) is 0 Å². The normalized spacial score (nSPS) is 5.00. The van der Waals surface area contributed by atoms with Crippen molar-refractivity contribution in [1.29, 1.82) is 0 Å². The fourth-order valence-electron chi connectivity index (χ4n) is 0. The monoisotopic (exact) mass is 151 g/mol. The molecule has 0 spiro atoms. The molecule has 0 amide bonds. The third-order valence-corrected chi connectivity index (χ3v) is 0.167. The summed E-state index contributed by atoms with van der Waals surface area (Å²) in [5.74, 6) is 0. The standard InChI is InChI=1S/C2H8N2.ClH.Fe/c3-1-2-4;;/h1-4H2;1H;/q;;+2/p-1. The second-order valence-corrected chi connectivity index (χ2v) is 0.577. The summed E-state index contributed by atoms with van der Waals surface area (Å²) in [5.41, 5.74) is 9.81. The van der Waals surface area contributed by atoms with Gasteiger partial charge in [-0.3, -0.25) is 0 Å². The van der Waals surface area contributed by atoms with E-state index in [9.17, 15) is 0 Å². The van der Waals surface area contributed by atoms with Crippen LogP contribution >= 0.6 is 0 Å². The van der Waals surface area contributed by atoms with Crippen LogP contribution < -0.4 is 23.9 Å². The summed E-state index contributed by atoms with van der Waals surface area (Å²) in [7, 11) is 0. The van der Waals surface area contributed by atoms with Crippen molar-refractivity contribution in [2.45, 2.75) is 0 Å². The second-order valence-electron chi connectivity index (χ2n) is 0.577. The third kappa shape index (κ3) is 22.0. The van der Waals surface area contributed by atoms with Gasteiger partial charge in [0.15, 0.2) is 0 Å². The Balaban J connectivity index is -0.0000000450. The minimum Gasteiger partial charge on any atom is -1.00 e. The molecule has 0 aliphatic rings. The summed E-state index contributed by atoms with van der Waals surface area (Å²) in [6, 6.07) is 0. The van der Waals surface area contributed by atoms with E-state index in [4.69, 9.17) is 11.5 Å². The third-order valence-electron chi connectivity index (χ3n) is 0.167. The molecule has 0 radical (unpaired) electrons. The van der Waals surface area contributed by atoms with Crippen LogP contribution in [0, 0.1) is 0 Å². The first-order chi connectivity index (χ1) is 1.91. The van der Waals surface area contributed by atoms with Gasteiger partial charge in [0.2, 0.25) is 0 Å². The Kier molecular flexibility index (Phi) is 45.5. The van der Waals surface area contributed by atoms with E-state index in [0.717, 1.165) is 0 Å². The van der Waals surface area contributed by atoms with Gasteiger partial charge >= 0.3 is 17.1 Å². The van der Waals surface area contributed by atoms with E-state index in [1.54, 1.807) is 0 Å².